The highest BCUT2D eigenvalue weighted by molar-refractivity contribution is 5.98. The van der Waals surface area contributed by atoms with Gasteiger partial charge in [-0.15, -0.1) is 0 Å². The monoisotopic (exact) mass is 245 g/mol. The molecule has 0 saturated heterocycles. The summed E-state index contributed by atoms with van der Waals surface area (Å²) in [5, 5.41) is 0. The van der Waals surface area contributed by atoms with Gasteiger partial charge in [0, 0.05) is 32.3 Å². The molecule has 18 heavy (non-hydrogen) atoms. The fourth-order valence-electron chi connectivity index (χ4n) is 1.68. The fourth-order valence-corrected chi connectivity index (χ4v) is 1.68. The number of benzene rings is 1. The van der Waals surface area contributed by atoms with Crippen LogP contribution in [0.2, 0.25) is 0 Å². The van der Waals surface area contributed by atoms with Crippen molar-refractivity contribution in [2.45, 2.75) is 6.92 Å². The molecule has 0 aliphatic carbocycles. The van der Waals surface area contributed by atoms with Gasteiger partial charge in [-0.2, -0.15) is 4.98 Å². The molecular weight excluding hydrogens is 230 g/mol. The number of hydrogen-bond donors (Lipinski definition) is 1. The SMILES string of the molecule is CC(=O)c1nc(N)oc1-c1ccc(N(C)C)cc1. The lowest BCUT2D eigenvalue weighted by atomic mass is 10.1. The Balaban J connectivity index is 2.45. The number of nitrogens with two attached hydrogens (primary N) is 1. The lowest BCUT2D eigenvalue weighted by Gasteiger charge is -2.12. The first-order chi connectivity index (χ1) is 8.49. The summed E-state index contributed by atoms with van der Waals surface area (Å²) >= 11 is 0. The van der Waals surface area contributed by atoms with Gasteiger partial charge in [-0.25, -0.2) is 0 Å². The average Bonchev–Trinajstić information content (AvgIpc) is 2.71. The molecule has 0 unspecified atom stereocenters. The number of carbonyl (C=O) groups excluding carboxylic acids is 1. The zero-order chi connectivity index (χ0) is 13.3. The first-order valence-corrected chi connectivity index (χ1v) is 5.54. The summed E-state index contributed by atoms with van der Waals surface area (Å²) in [5.74, 6) is 0.257. The predicted octanol–water partition coefficient (Wildman–Crippen LogP) is 2.19. The van der Waals surface area contributed by atoms with Crippen LogP contribution in [-0.4, -0.2) is 24.9 Å². The number of nitrogen functional groups attached to an aromatic ring is 1. The molecule has 2 rings (SSSR count). The molecule has 2 N–H and O–H groups in total. The molecular formula is C13H15N3O2. The Hall–Kier alpha value is -2.30. The van der Waals surface area contributed by atoms with E-state index in [0.29, 0.717) is 5.76 Å². The van der Waals surface area contributed by atoms with Crippen molar-refractivity contribution in [3.05, 3.63) is 30.0 Å². The molecule has 0 aliphatic heterocycles. The summed E-state index contributed by atoms with van der Waals surface area (Å²) in [6, 6.07) is 7.64. The van der Waals surface area contributed by atoms with E-state index in [1.165, 1.54) is 6.92 Å². The number of rotatable bonds is 3. The first-order valence-electron chi connectivity index (χ1n) is 5.54. The number of aromatic nitrogens is 1. The minimum Gasteiger partial charge on any atom is -0.423 e. The maximum atomic E-state index is 11.4. The molecule has 1 aromatic heterocycles. The van der Waals surface area contributed by atoms with Crippen LogP contribution in [0.15, 0.2) is 28.7 Å². The van der Waals surface area contributed by atoms with E-state index in [-0.39, 0.29) is 17.5 Å². The summed E-state index contributed by atoms with van der Waals surface area (Å²) < 4.78 is 5.29. The van der Waals surface area contributed by atoms with Crippen LogP contribution in [0.5, 0.6) is 0 Å². The Morgan fingerprint density at radius 1 is 1.28 bits per heavy atom. The van der Waals surface area contributed by atoms with E-state index >= 15 is 0 Å². The Labute approximate surface area is 105 Å². The van der Waals surface area contributed by atoms with Gasteiger partial charge in [0.25, 0.3) is 6.01 Å². The number of anilines is 2. The zero-order valence-corrected chi connectivity index (χ0v) is 10.6. The second-order valence-corrected chi connectivity index (χ2v) is 4.23. The number of ketones is 1. The maximum Gasteiger partial charge on any atom is 0.293 e. The highest BCUT2D eigenvalue weighted by Gasteiger charge is 2.17. The van der Waals surface area contributed by atoms with Crippen molar-refractivity contribution in [3.63, 3.8) is 0 Å². The molecule has 0 spiro atoms. The van der Waals surface area contributed by atoms with E-state index in [1.807, 2.05) is 43.3 Å². The van der Waals surface area contributed by atoms with Gasteiger partial charge < -0.3 is 15.1 Å². The number of oxazole rings is 1. The third-order valence-electron chi connectivity index (χ3n) is 2.62. The van der Waals surface area contributed by atoms with Gasteiger partial charge in [-0.1, -0.05) is 0 Å². The van der Waals surface area contributed by atoms with E-state index in [0.717, 1.165) is 11.3 Å². The highest BCUT2D eigenvalue weighted by Crippen LogP contribution is 2.27. The number of nitrogens with zero attached hydrogens (tertiary/aromatic N) is 2. The Bertz CT molecular complexity index is 570. The predicted molar refractivity (Wildman–Crippen MR) is 70.7 cm³/mol. The molecule has 0 radical (unpaired) electrons. The van der Waals surface area contributed by atoms with Crippen LogP contribution in [0.1, 0.15) is 17.4 Å². The molecule has 2 aromatic rings. The quantitative estimate of drug-likeness (QED) is 0.839. The van der Waals surface area contributed by atoms with Crippen molar-refractivity contribution < 1.29 is 9.21 Å². The molecule has 5 nitrogen and oxygen atoms in total. The smallest absolute Gasteiger partial charge is 0.293 e. The topological polar surface area (TPSA) is 72.4 Å². The third-order valence-corrected chi connectivity index (χ3v) is 2.62. The van der Waals surface area contributed by atoms with Crippen molar-refractivity contribution in [1.29, 1.82) is 0 Å². The van der Waals surface area contributed by atoms with Crippen LogP contribution in [0, 0.1) is 0 Å². The minimum atomic E-state index is -0.165. The van der Waals surface area contributed by atoms with Crippen molar-refractivity contribution in [2.75, 3.05) is 24.7 Å². The molecule has 1 heterocycles. The van der Waals surface area contributed by atoms with E-state index in [4.69, 9.17) is 10.2 Å². The van der Waals surface area contributed by atoms with Crippen LogP contribution in [0.4, 0.5) is 11.7 Å². The summed E-state index contributed by atoms with van der Waals surface area (Å²) in [6.07, 6.45) is 0. The van der Waals surface area contributed by atoms with Crippen molar-refractivity contribution in [1.82, 2.24) is 4.98 Å². The van der Waals surface area contributed by atoms with Crippen LogP contribution >= 0.6 is 0 Å². The molecule has 0 amide bonds. The Morgan fingerprint density at radius 3 is 2.39 bits per heavy atom. The lowest BCUT2D eigenvalue weighted by molar-refractivity contribution is 0.101. The van der Waals surface area contributed by atoms with Gasteiger partial charge in [0.2, 0.25) is 0 Å². The first kappa shape index (κ1) is 12.2. The van der Waals surface area contributed by atoms with Gasteiger partial charge in [0.1, 0.15) is 0 Å². The molecule has 0 aliphatic rings. The van der Waals surface area contributed by atoms with Crippen molar-refractivity contribution >= 4 is 17.5 Å². The summed E-state index contributed by atoms with van der Waals surface area (Å²) in [5.41, 5.74) is 7.62. The molecule has 5 heteroatoms. The van der Waals surface area contributed by atoms with Crippen LogP contribution in [-0.2, 0) is 0 Å². The standard InChI is InChI=1S/C13H15N3O2/c1-8(17)11-12(18-13(14)15-11)9-4-6-10(7-5-9)16(2)3/h4-7H,1-3H3,(H2,14,15). The van der Waals surface area contributed by atoms with Crippen LogP contribution in [0.3, 0.4) is 0 Å². The number of hydrogen-bond acceptors (Lipinski definition) is 5. The normalized spacial score (nSPS) is 10.4. The highest BCUT2D eigenvalue weighted by atomic mass is 16.4. The van der Waals surface area contributed by atoms with E-state index in [2.05, 4.69) is 4.98 Å². The maximum absolute atomic E-state index is 11.4. The molecule has 0 atom stereocenters. The van der Waals surface area contributed by atoms with Gasteiger partial charge in [-0.05, 0) is 24.3 Å². The molecule has 0 fully saturated rings. The number of carbonyl (C=O) groups is 1. The molecule has 94 valence electrons. The van der Waals surface area contributed by atoms with Gasteiger partial charge in [0.15, 0.2) is 17.2 Å². The van der Waals surface area contributed by atoms with Crippen molar-refractivity contribution in [2.24, 2.45) is 0 Å². The van der Waals surface area contributed by atoms with Gasteiger partial charge in [-0.3, -0.25) is 4.79 Å². The largest absolute Gasteiger partial charge is 0.423 e. The fraction of sp³-hybridized carbons (Fsp3) is 0.231. The summed E-state index contributed by atoms with van der Waals surface area (Å²) in [6.45, 7) is 1.44. The molecule has 0 saturated carbocycles. The van der Waals surface area contributed by atoms with Crippen LogP contribution in [0.25, 0.3) is 11.3 Å². The Morgan fingerprint density at radius 2 is 1.89 bits per heavy atom. The zero-order valence-electron chi connectivity index (χ0n) is 10.6. The average molecular weight is 245 g/mol. The lowest BCUT2D eigenvalue weighted by Crippen LogP contribution is -2.07. The van der Waals surface area contributed by atoms with Crippen molar-refractivity contribution in [3.8, 4) is 11.3 Å². The second-order valence-electron chi connectivity index (χ2n) is 4.23. The molecule has 0 bridgehead atoms. The minimum absolute atomic E-state index is 0.00638. The summed E-state index contributed by atoms with van der Waals surface area (Å²) in [7, 11) is 3.92. The van der Waals surface area contributed by atoms with E-state index in [9.17, 15) is 4.79 Å². The third kappa shape index (κ3) is 2.20. The van der Waals surface area contributed by atoms with E-state index < -0.39 is 0 Å². The van der Waals surface area contributed by atoms with Gasteiger partial charge >= 0.3 is 0 Å². The summed E-state index contributed by atoms with van der Waals surface area (Å²) in [4.78, 5) is 17.3. The Kier molecular flexibility index (Phi) is 3.06. The van der Waals surface area contributed by atoms with E-state index in [1.54, 1.807) is 0 Å². The number of Topliss-reactive ketones (excluding diaryl/α,β-unsaturated/α-hetero) is 1. The van der Waals surface area contributed by atoms with Crippen LogP contribution < -0.4 is 10.6 Å². The second kappa shape index (κ2) is 4.52. The van der Waals surface area contributed by atoms with Gasteiger partial charge in [0.05, 0.1) is 0 Å². The molecule has 1 aromatic carbocycles.